The highest BCUT2D eigenvalue weighted by Crippen LogP contribution is 2.30. The number of methoxy groups -OCH3 is 1. The van der Waals surface area contributed by atoms with Crippen LogP contribution in [0, 0.1) is 0 Å². The second kappa shape index (κ2) is 8.20. The van der Waals surface area contributed by atoms with Gasteiger partial charge in [0.25, 0.3) is 0 Å². The van der Waals surface area contributed by atoms with E-state index in [1.807, 2.05) is 7.05 Å². The number of hydrogen-bond donors (Lipinski definition) is 1. The van der Waals surface area contributed by atoms with E-state index in [9.17, 15) is 0 Å². The van der Waals surface area contributed by atoms with Crippen LogP contribution >= 0.6 is 27.3 Å². The van der Waals surface area contributed by atoms with Gasteiger partial charge in [-0.2, -0.15) is 0 Å². The SMILES string of the molecule is CNC(CCOCCOC)c1sccc1Br. The maximum Gasteiger partial charge on any atom is 0.0700 e. The van der Waals surface area contributed by atoms with Crippen LogP contribution in [0.2, 0.25) is 0 Å². The van der Waals surface area contributed by atoms with E-state index in [2.05, 4.69) is 32.7 Å². The molecule has 0 aromatic carbocycles. The van der Waals surface area contributed by atoms with Gasteiger partial charge in [0, 0.05) is 29.1 Å². The lowest BCUT2D eigenvalue weighted by Crippen LogP contribution is -2.18. The summed E-state index contributed by atoms with van der Waals surface area (Å²) in [6.07, 6.45) is 0.972. The van der Waals surface area contributed by atoms with Crippen molar-refractivity contribution in [2.45, 2.75) is 12.5 Å². The lowest BCUT2D eigenvalue weighted by Gasteiger charge is -2.15. The summed E-state index contributed by atoms with van der Waals surface area (Å²) >= 11 is 5.31. The minimum Gasteiger partial charge on any atom is -0.382 e. The molecule has 1 rings (SSSR count). The average molecular weight is 308 g/mol. The molecular weight excluding hydrogens is 290 g/mol. The van der Waals surface area contributed by atoms with Crippen molar-refractivity contribution in [1.29, 1.82) is 0 Å². The van der Waals surface area contributed by atoms with Gasteiger partial charge in [-0.15, -0.1) is 11.3 Å². The largest absolute Gasteiger partial charge is 0.382 e. The maximum atomic E-state index is 5.47. The summed E-state index contributed by atoms with van der Waals surface area (Å²) < 4.78 is 11.6. The number of halogens is 1. The van der Waals surface area contributed by atoms with Gasteiger partial charge >= 0.3 is 0 Å². The molecule has 1 unspecified atom stereocenters. The monoisotopic (exact) mass is 307 g/mol. The lowest BCUT2D eigenvalue weighted by atomic mass is 10.2. The first-order valence-corrected chi connectivity index (χ1v) is 6.93. The van der Waals surface area contributed by atoms with E-state index >= 15 is 0 Å². The second-order valence-electron chi connectivity index (χ2n) is 3.37. The molecule has 0 saturated carbocycles. The molecule has 0 saturated heterocycles. The Kier molecular flexibility index (Phi) is 7.23. The molecule has 0 aliphatic heterocycles. The van der Waals surface area contributed by atoms with Crippen molar-refractivity contribution in [3.8, 4) is 0 Å². The van der Waals surface area contributed by atoms with Crippen LogP contribution < -0.4 is 5.32 Å². The Morgan fingerprint density at radius 3 is 2.81 bits per heavy atom. The van der Waals surface area contributed by atoms with E-state index in [1.54, 1.807) is 18.4 Å². The fourth-order valence-electron chi connectivity index (χ4n) is 1.41. The Labute approximate surface area is 109 Å². The lowest BCUT2D eigenvalue weighted by molar-refractivity contribution is 0.0662. The Morgan fingerprint density at radius 2 is 2.25 bits per heavy atom. The van der Waals surface area contributed by atoms with Gasteiger partial charge in [-0.05, 0) is 40.8 Å². The summed E-state index contributed by atoms with van der Waals surface area (Å²) in [5.41, 5.74) is 0. The molecule has 0 aliphatic rings. The third-order valence-corrected chi connectivity index (χ3v) is 4.28. The number of rotatable bonds is 8. The normalized spacial score (nSPS) is 12.9. The zero-order chi connectivity index (χ0) is 11.8. The molecular formula is C11H18BrNO2S. The highest BCUT2D eigenvalue weighted by Gasteiger charge is 2.13. The van der Waals surface area contributed by atoms with Crippen LogP contribution in [-0.4, -0.2) is 34.0 Å². The van der Waals surface area contributed by atoms with E-state index in [-0.39, 0.29) is 0 Å². The molecule has 1 aromatic heterocycles. The minimum atomic E-state index is 0.358. The maximum absolute atomic E-state index is 5.47. The summed E-state index contributed by atoms with van der Waals surface area (Å²) in [5.74, 6) is 0. The van der Waals surface area contributed by atoms with E-state index < -0.39 is 0 Å². The molecule has 0 radical (unpaired) electrons. The fourth-order valence-corrected chi connectivity index (χ4v) is 3.20. The first-order chi connectivity index (χ1) is 7.79. The summed E-state index contributed by atoms with van der Waals surface area (Å²) in [6, 6.07) is 2.44. The van der Waals surface area contributed by atoms with Crippen LogP contribution in [0.15, 0.2) is 15.9 Å². The van der Waals surface area contributed by atoms with E-state index in [0.29, 0.717) is 19.3 Å². The van der Waals surface area contributed by atoms with Crippen LogP contribution in [-0.2, 0) is 9.47 Å². The third kappa shape index (κ3) is 4.51. The number of ether oxygens (including phenoxy) is 2. The molecule has 1 atom stereocenters. The van der Waals surface area contributed by atoms with Gasteiger partial charge in [0.05, 0.1) is 13.2 Å². The summed E-state index contributed by atoms with van der Waals surface area (Å²) in [7, 11) is 3.66. The quantitative estimate of drug-likeness (QED) is 0.749. The van der Waals surface area contributed by atoms with Crippen LogP contribution in [0.1, 0.15) is 17.3 Å². The summed E-state index contributed by atoms with van der Waals surface area (Å²) in [4.78, 5) is 1.33. The average Bonchev–Trinajstić information content (AvgIpc) is 2.70. The molecule has 3 nitrogen and oxygen atoms in total. The zero-order valence-corrected chi connectivity index (χ0v) is 12.1. The first-order valence-electron chi connectivity index (χ1n) is 5.26. The molecule has 1 N–H and O–H groups in total. The van der Waals surface area contributed by atoms with E-state index in [1.165, 1.54) is 9.35 Å². The molecule has 1 heterocycles. The predicted octanol–water partition coefficient (Wildman–Crippen LogP) is 2.82. The summed E-state index contributed by atoms with van der Waals surface area (Å²) in [6.45, 7) is 2.07. The Balaban J connectivity index is 2.30. The van der Waals surface area contributed by atoms with Gasteiger partial charge in [0.2, 0.25) is 0 Å². The minimum absolute atomic E-state index is 0.358. The highest BCUT2D eigenvalue weighted by molar-refractivity contribution is 9.10. The van der Waals surface area contributed by atoms with Crippen LogP contribution in [0.3, 0.4) is 0 Å². The van der Waals surface area contributed by atoms with Crippen molar-refractivity contribution in [3.63, 3.8) is 0 Å². The number of nitrogens with one attached hydrogen (secondary N) is 1. The molecule has 0 fully saturated rings. The van der Waals surface area contributed by atoms with Crippen molar-refractivity contribution in [1.82, 2.24) is 5.32 Å². The Bertz CT molecular complexity index is 293. The van der Waals surface area contributed by atoms with Gasteiger partial charge in [0.1, 0.15) is 0 Å². The topological polar surface area (TPSA) is 30.5 Å². The Morgan fingerprint density at radius 1 is 1.44 bits per heavy atom. The molecule has 92 valence electrons. The molecule has 1 aromatic rings. The first kappa shape index (κ1) is 14.1. The number of hydrogen-bond acceptors (Lipinski definition) is 4. The van der Waals surface area contributed by atoms with Gasteiger partial charge < -0.3 is 14.8 Å². The van der Waals surface area contributed by atoms with Gasteiger partial charge in [0.15, 0.2) is 0 Å². The van der Waals surface area contributed by atoms with E-state index in [0.717, 1.165) is 13.0 Å². The zero-order valence-electron chi connectivity index (χ0n) is 9.66. The van der Waals surface area contributed by atoms with Crippen molar-refractivity contribution in [3.05, 3.63) is 20.8 Å². The molecule has 5 heteroatoms. The van der Waals surface area contributed by atoms with Crippen molar-refractivity contribution >= 4 is 27.3 Å². The van der Waals surface area contributed by atoms with Crippen molar-refractivity contribution in [2.75, 3.05) is 34.0 Å². The van der Waals surface area contributed by atoms with Gasteiger partial charge in [-0.1, -0.05) is 0 Å². The number of thiophene rings is 1. The van der Waals surface area contributed by atoms with E-state index in [4.69, 9.17) is 9.47 Å². The summed E-state index contributed by atoms with van der Waals surface area (Å²) in [5, 5.41) is 5.40. The molecule has 0 amide bonds. The fraction of sp³-hybridized carbons (Fsp3) is 0.636. The van der Waals surface area contributed by atoms with Gasteiger partial charge in [-0.25, -0.2) is 0 Å². The van der Waals surface area contributed by atoms with Crippen molar-refractivity contribution < 1.29 is 9.47 Å². The van der Waals surface area contributed by atoms with Crippen LogP contribution in [0.4, 0.5) is 0 Å². The Hall–Kier alpha value is 0.0600. The van der Waals surface area contributed by atoms with Crippen LogP contribution in [0.25, 0.3) is 0 Å². The van der Waals surface area contributed by atoms with Crippen LogP contribution in [0.5, 0.6) is 0 Å². The highest BCUT2D eigenvalue weighted by atomic mass is 79.9. The standard InChI is InChI=1S/C11H18BrNO2S/c1-13-10(3-5-15-7-6-14-2)11-9(12)4-8-16-11/h4,8,10,13H,3,5-7H2,1-2H3. The molecule has 0 bridgehead atoms. The molecule has 16 heavy (non-hydrogen) atoms. The third-order valence-electron chi connectivity index (χ3n) is 2.29. The second-order valence-corrected chi connectivity index (χ2v) is 5.17. The smallest absolute Gasteiger partial charge is 0.0700 e. The molecule has 0 spiro atoms. The van der Waals surface area contributed by atoms with Crippen molar-refractivity contribution in [2.24, 2.45) is 0 Å². The molecule has 0 aliphatic carbocycles. The van der Waals surface area contributed by atoms with Gasteiger partial charge in [-0.3, -0.25) is 0 Å². The predicted molar refractivity (Wildman–Crippen MR) is 71.1 cm³/mol.